The van der Waals surface area contributed by atoms with Gasteiger partial charge in [-0.2, -0.15) is 5.10 Å². The Balaban J connectivity index is 1.48. The smallest absolute Gasteiger partial charge is 0.319 e. The van der Waals surface area contributed by atoms with E-state index >= 15 is 0 Å². The average Bonchev–Trinajstić information content (AvgIpc) is 3.21. The minimum absolute atomic E-state index is 0.299. The highest BCUT2D eigenvalue weighted by Crippen LogP contribution is 2.20. The van der Waals surface area contributed by atoms with Crippen LogP contribution in [-0.4, -0.2) is 30.8 Å². The number of rotatable bonds is 4. The molecular formula is C18H15N7O. The lowest BCUT2D eigenvalue weighted by Gasteiger charge is -2.11. The molecule has 3 aromatic heterocycles. The monoisotopic (exact) mass is 345 g/mol. The molecule has 1 aromatic carbocycles. The molecule has 0 aliphatic carbocycles. The van der Waals surface area contributed by atoms with Gasteiger partial charge in [0.05, 0.1) is 11.2 Å². The van der Waals surface area contributed by atoms with Crippen LogP contribution in [0.3, 0.4) is 0 Å². The summed E-state index contributed by atoms with van der Waals surface area (Å²) in [6, 6.07) is 12.8. The van der Waals surface area contributed by atoms with Crippen molar-refractivity contribution >= 4 is 22.6 Å². The van der Waals surface area contributed by atoms with Gasteiger partial charge in [0.2, 0.25) is 0 Å². The highest BCUT2D eigenvalue weighted by molar-refractivity contribution is 5.99. The zero-order valence-corrected chi connectivity index (χ0v) is 13.7. The van der Waals surface area contributed by atoms with Crippen molar-refractivity contribution < 1.29 is 4.79 Å². The number of nitrogens with one attached hydrogen (secondary N) is 2. The summed E-state index contributed by atoms with van der Waals surface area (Å²) in [7, 11) is 0. The molecule has 0 aliphatic heterocycles. The Labute approximate surface area is 148 Å². The molecule has 3 heterocycles. The second-order valence-electron chi connectivity index (χ2n) is 5.51. The Hall–Kier alpha value is -3.81. The minimum Gasteiger partial charge on any atom is -0.334 e. The van der Waals surface area contributed by atoms with Crippen molar-refractivity contribution in [2.24, 2.45) is 0 Å². The molecule has 0 spiro atoms. The first kappa shape index (κ1) is 15.7. The normalized spacial score (nSPS) is 10.6. The van der Waals surface area contributed by atoms with Crippen LogP contribution in [-0.2, 0) is 6.54 Å². The molecule has 4 aromatic rings. The predicted molar refractivity (Wildman–Crippen MR) is 96.8 cm³/mol. The Morgan fingerprint density at radius 3 is 2.77 bits per heavy atom. The van der Waals surface area contributed by atoms with Gasteiger partial charge in [-0.15, -0.1) is 0 Å². The highest BCUT2D eigenvalue weighted by Gasteiger charge is 2.09. The van der Waals surface area contributed by atoms with Gasteiger partial charge < -0.3 is 10.6 Å². The van der Waals surface area contributed by atoms with Crippen LogP contribution in [0.25, 0.3) is 16.7 Å². The van der Waals surface area contributed by atoms with E-state index in [1.165, 1.54) is 6.33 Å². The number of amides is 2. The number of carbonyl (C=O) groups excluding carboxylic acids is 1. The van der Waals surface area contributed by atoms with Gasteiger partial charge in [0.1, 0.15) is 12.7 Å². The number of carbonyl (C=O) groups is 1. The van der Waals surface area contributed by atoms with E-state index in [9.17, 15) is 4.79 Å². The molecule has 0 aliphatic rings. The van der Waals surface area contributed by atoms with E-state index in [-0.39, 0.29) is 6.03 Å². The summed E-state index contributed by atoms with van der Waals surface area (Å²) in [6.07, 6.45) is 6.37. The van der Waals surface area contributed by atoms with E-state index in [2.05, 4.69) is 30.7 Å². The number of nitrogens with zero attached hydrogens (tertiary/aromatic N) is 5. The Morgan fingerprint density at radius 1 is 1.04 bits per heavy atom. The Morgan fingerprint density at radius 2 is 1.88 bits per heavy atom. The van der Waals surface area contributed by atoms with Crippen LogP contribution < -0.4 is 10.6 Å². The summed E-state index contributed by atoms with van der Waals surface area (Å²) in [5, 5.41) is 10.7. The third kappa shape index (κ3) is 3.20. The molecule has 0 saturated carbocycles. The van der Waals surface area contributed by atoms with E-state index in [0.29, 0.717) is 18.1 Å². The van der Waals surface area contributed by atoms with E-state index < -0.39 is 0 Å². The average molecular weight is 345 g/mol. The first-order valence-electron chi connectivity index (χ1n) is 7.99. The third-order valence-corrected chi connectivity index (χ3v) is 3.82. The zero-order valence-electron chi connectivity index (χ0n) is 13.7. The Bertz CT molecular complexity index is 1040. The number of hydrogen-bond acceptors (Lipinski definition) is 5. The number of fused-ring (bicyclic) bond motifs is 1. The summed E-state index contributed by atoms with van der Waals surface area (Å²) in [5.74, 6) is 0.622. The van der Waals surface area contributed by atoms with E-state index in [4.69, 9.17) is 0 Å². The van der Waals surface area contributed by atoms with Crippen LogP contribution in [0, 0.1) is 0 Å². The van der Waals surface area contributed by atoms with Crippen LogP contribution in [0.1, 0.15) is 5.56 Å². The van der Waals surface area contributed by atoms with Crippen molar-refractivity contribution in [2.45, 2.75) is 6.54 Å². The molecule has 26 heavy (non-hydrogen) atoms. The van der Waals surface area contributed by atoms with E-state index in [0.717, 1.165) is 16.5 Å². The molecule has 0 bridgehead atoms. The van der Waals surface area contributed by atoms with Gasteiger partial charge in [0, 0.05) is 29.9 Å². The topological polar surface area (TPSA) is 97.6 Å². The number of para-hydroxylation sites is 1. The van der Waals surface area contributed by atoms with Gasteiger partial charge in [-0.1, -0.05) is 24.3 Å². The van der Waals surface area contributed by atoms with E-state index in [1.54, 1.807) is 23.4 Å². The molecule has 2 N–H and O–H groups in total. The third-order valence-electron chi connectivity index (χ3n) is 3.82. The summed E-state index contributed by atoms with van der Waals surface area (Å²) in [4.78, 5) is 24.9. The second-order valence-corrected chi connectivity index (χ2v) is 5.51. The summed E-state index contributed by atoms with van der Waals surface area (Å²) in [5.41, 5.74) is 2.22. The number of anilines is 1. The summed E-state index contributed by atoms with van der Waals surface area (Å²) < 4.78 is 1.56. The molecule has 128 valence electrons. The number of urea groups is 1. The highest BCUT2D eigenvalue weighted by atomic mass is 16.2. The predicted octanol–water partition coefficient (Wildman–Crippen LogP) is 2.53. The van der Waals surface area contributed by atoms with Crippen molar-refractivity contribution in [1.82, 2.24) is 30.0 Å². The summed E-state index contributed by atoms with van der Waals surface area (Å²) >= 11 is 0. The fraction of sp³-hybridized carbons (Fsp3) is 0.0556. The largest absolute Gasteiger partial charge is 0.334 e. The van der Waals surface area contributed by atoms with Crippen molar-refractivity contribution in [3.8, 4) is 5.82 Å². The van der Waals surface area contributed by atoms with Gasteiger partial charge in [-0.05, 0) is 18.2 Å². The number of hydrogen-bond donors (Lipinski definition) is 2. The van der Waals surface area contributed by atoms with Crippen LogP contribution in [0.15, 0.2) is 67.5 Å². The van der Waals surface area contributed by atoms with Crippen molar-refractivity contribution in [1.29, 1.82) is 0 Å². The van der Waals surface area contributed by atoms with Crippen molar-refractivity contribution in [3.63, 3.8) is 0 Å². The molecule has 2 amide bonds. The Kier molecular flexibility index (Phi) is 4.21. The maximum absolute atomic E-state index is 12.3. The zero-order chi connectivity index (χ0) is 17.8. The minimum atomic E-state index is -0.323. The molecule has 0 radical (unpaired) electrons. The maximum Gasteiger partial charge on any atom is 0.319 e. The van der Waals surface area contributed by atoms with Gasteiger partial charge in [0.15, 0.2) is 5.82 Å². The SMILES string of the molecule is O=C(NCc1cccnc1-n1cncn1)Nc1cccc2cccnc12. The van der Waals surface area contributed by atoms with Crippen LogP contribution in [0.5, 0.6) is 0 Å². The van der Waals surface area contributed by atoms with E-state index in [1.807, 2.05) is 42.5 Å². The molecule has 0 atom stereocenters. The maximum atomic E-state index is 12.3. The molecule has 8 nitrogen and oxygen atoms in total. The van der Waals surface area contributed by atoms with Crippen LogP contribution in [0.4, 0.5) is 10.5 Å². The number of benzene rings is 1. The molecule has 8 heteroatoms. The van der Waals surface area contributed by atoms with Crippen LogP contribution >= 0.6 is 0 Å². The van der Waals surface area contributed by atoms with Crippen molar-refractivity contribution in [3.05, 3.63) is 73.1 Å². The van der Waals surface area contributed by atoms with Gasteiger partial charge in [0.25, 0.3) is 0 Å². The summed E-state index contributed by atoms with van der Waals surface area (Å²) in [6.45, 7) is 0.299. The van der Waals surface area contributed by atoms with Crippen molar-refractivity contribution in [2.75, 3.05) is 5.32 Å². The molecular weight excluding hydrogens is 330 g/mol. The second kappa shape index (κ2) is 6.98. The molecule has 0 unspecified atom stereocenters. The number of aromatic nitrogens is 5. The fourth-order valence-corrected chi connectivity index (χ4v) is 2.64. The lowest BCUT2D eigenvalue weighted by Crippen LogP contribution is -2.29. The number of pyridine rings is 2. The molecule has 0 fully saturated rings. The lowest BCUT2D eigenvalue weighted by atomic mass is 10.2. The lowest BCUT2D eigenvalue weighted by molar-refractivity contribution is 0.251. The van der Waals surface area contributed by atoms with Crippen LogP contribution in [0.2, 0.25) is 0 Å². The first-order valence-corrected chi connectivity index (χ1v) is 7.99. The quantitative estimate of drug-likeness (QED) is 0.592. The van der Waals surface area contributed by atoms with Gasteiger partial charge in [-0.3, -0.25) is 4.98 Å². The molecule has 4 rings (SSSR count). The molecule has 0 saturated heterocycles. The fourth-order valence-electron chi connectivity index (χ4n) is 2.64. The van der Waals surface area contributed by atoms with Gasteiger partial charge >= 0.3 is 6.03 Å². The van der Waals surface area contributed by atoms with Gasteiger partial charge in [-0.25, -0.2) is 19.4 Å². The first-order chi connectivity index (χ1) is 12.8. The standard InChI is InChI=1S/C18H15N7O/c26-18(24-15-7-1-4-13-5-2-8-20-16(13)15)22-10-14-6-3-9-21-17(14)25-12-19-11-23-25/h1-9,11-12H,10H2,(H2,22,24,26).